The molecule has 2 rings (SSSR count). The average molecular weight is 407 g/mol. The molecular formula is C17H14FN3O8. The highest BCUT2D eigenvalue weighted by Crippen LogP contribution is 2.25. The van der Waals surface area contributed by atoms with Crippen LogP contribution in [0.5, 0.6) is 5.75 Å². The lowest BCUT2D eigenvalue weighted by atomic mass is 10.1. The summed E-state index contributed by atoms with van der Waals surface area (Å²) in [6.45, 7) is 1.22. The number of rotatable bonds is 7. The predicted octanol–water partition coefficient (Wildman–Crippen LogP) is 2.83. The number of hydrogen-bond acceptors (Lipinski definition) is 8. The van der Waals surface area contributed by atoms with Gasteiger partial charge in [-0.05, 0) is 25.1 Å². The third kappa shape index (κ3) is 5.00. The maximum Gasteiger partial charge on any atom is 0.342 e. The van der Waals surface area contributed by atoms with Crippen LogP contribution in [-0.4, -0.2) is 34.9 Å². The molecule has 11 nitrogen and oxygen atoms in total. The largest absolute Gasteiger partial charge is 0.496 e. The highest BCUT2D eigenvalue weighted by Gasteiger charge is 2.24. The van der Waals surface area contributed by atoms with Crippen molar-refractivity contribution in [3.63, 3.8) is 0 Å². The van der Waals surface area contributed by atoms with E-state index in [-0.39, 0.29) is 22.7 Å². The van der Waals surface area contributed by atoms with Crippen molar-refractivity contribution in [1.82, 2.24) is 0 Å². The van der Waals surface area contributed by atoms with E-state index >= 15 is 0 Å². The molecule has 1 unspecified atom stereocenters. The molecule has 0 saturated heterocycles. The molecule has 0 radical (unpaired) electrons. The number of anilines is 1. The molecule has 0 aliphatic carbocycles. The molecule has 2 aromatic carbocycles. The number of nitro groups is 2. The summed E-state index contributed by atoms with van der Waals surface area (Å²) in [7, 11) is 1.25. The van der Waals surface area contributed by atoms with Gasteiger partial charge in [0, 0.05) is 23.9 Å². The Bertz CT molecular complexity index is 995. The van der Waals surface area contributed by atoms with Crippen LogP contribution in [0.1, 0.15) is 17.3 Å². The van der Waals surface area contributed by atoms with Crippen molar-refractivity contribution in [2.45, 2.75) is 13.0 Å². The van der Waals surface area contributed by atoms with Gasteiger partial charge in [-0.3, -0.25) is 25.0 Å². The summed E-state index contributed by atoms with van der Waals surface area (Å²) in [5, 5.41) is 23.9. The molecule has 0 aromatic heterocycles. The van der Waals surface area contributed by atoms with Crippen molar-refractivity contribution in [2.75, 3.05) is 12.4 Å². The van der Waals surface area contributed by atoms with Crippen LogP contribution in [0.2, 0.25) is 0 Å². The van der Waals surface area contributed by atoms with Crippen molar-refractivity contribution in [3.8, 4) is 5.75 Å². The van der Waals surface area contributed by atoms with Crippen LogP contribution in [-0.2, 0) is 9.53 Å². The van der Waals surface area contributed by atoms with E-state index in [1.807, 2.05) is 0 Å². The number of ether oxygens (including phenoxy) is 2. The molecule has 1 atom stereocenters. The molecule has 2 aromatic rings. The Morgan fingerprint density at radius 1 is 1.10 bits per heavy atom. The van der Waals surface area contributed by atoms with Crippen molar-refractivity contribution in [3.05, 3.63) is 68.0 Å². The van der Waals surface area contributed by atoms with E-state index in [2.05, 4.69) is 5.32 Å². The molecule has 0 aliphatic heterocycles. The van der Waals surface area contributed by atoms with Crippen LogP contribution in [0.4, 0.5) is 21.5 Å². The topological polar surface area (TPSA) is 151 Å². The monoisotopic (exact) mass is 407 g/mol. The van der Waals surface area contributed by atoms with E-state index in [1.165, 1.54) is 20.1 Å². The molecule has 1 N–H and O–H groups in total. The summed E-state index contributed by atoms with van der Waals surface area (Å²) in [6.07, 6.45) is -1.38. The second kappa shape index (κ2) is 8.73. The number of hydrogen-bond donors (Lipinski definition) is 1. The molecule has 12 heteroatoms. The fourth-order valence-corrected chi connectivity index (χ4v) is 2.22. The first-order chi connectivity index (χ1) is 13.6. The number of nitrogens with zero attached hydrogens (tertiary/aromatic N) is 2. The highest BCUT2D eigenvalue weighted by molar-refractivity contribution is 5.98. The smallest absolute Gasteiger partial charge is 0.342 e. The molecule has 152 valence electrons. The molecule has 0 fully saturated rings. The average Bonchev–Trinajstić information content (AvgIpc) is 2.68. The summed E-state index contributed by atoms with van der Waals surface area (Å²) >= 11 is 0. The number of amides is 1. The van der Waals surface area contributed by atoms with Gasteiger partial charge in [-0.25, -0.2) is 4.79 Å². The number of carbonyl (C=O) groups excluding carboxylic acids is 2. The van der Waals surface area contributed by atoms with Crippen LogP contribution < -0.4 is 10.1 Å². The molecule has 0 heterocycles. The Hall–Kier alpha value is -4.09. The standard InChI is InChI=1S/C17H14FN3O8/c1-9(16(22)19-10-3-5-13(18)14(7-10)21(26)27)29-17(23)12-8-11(20(24)25)4-6-15(12)28-2/h3-9H,1-2H3,(H,19,22). The number of benzene rings is 2. The summed E-state index contributed by atoms with van der Waals surface area (Å²) in [4.78, 5) is 44.5. The van der Waals surface area contributed by atoms with Crippen molar-refractivity contribution < 1.29 is 33.3 Å². The number of esters is 1. The third-order valence-corrected chi connectivity index (χ3v) is 3.68. The maximum absolute atomic E-state index is 13.4. The van der Waals surface area contributed by atoms with Gasteiger partial charge in [0.1, 0.15) is 11.3 Å². The lowest BCUT2D eigenvalue weighted by Crippen LogP contribution is -2.30. The van der Waals surface area contributed by atoms with Gasteiger partial charge in [0.05, 0.1) is 17.0 Å². The van der Waals surface area contributed by atoms with E-state index in [4.69, 9.17) is 9.47 Å². The van der Waals surface area contributed by atoms with Crippen LogP contribution in [0.25, 0.3) is 0 Å². The number of methoxy groups -OCH3 is 1. The summed E-state index contributed by atoms with van der Waals surface area (Å²) < 4.78 is 23.3. The van der Waals surface area contributed by atoms with Gasteiger partial charge in [-0.15, -0.1) is 0 Å². The zero-order valence-corrected chi connectivity index (χ0v) is 15.1. The first kappa shape index (κ1) is 21.2. The van der Waals surface area contributed by atoms with Crippen molar-refractivity contribution in [2.24, 2.45) is 0 Å². The number of nitrogens with one attached hydrogen (secondary N) is 1. The quantitative estimate of drug-likeness (QED) is 0.418. The van der Waals surface area contributed by atoms with Gasteiger partial charge >= 0.3 is 11.7 Å². The molecule has 1 amide bonds. The second-order valence-electron chi connectivity index (χ2n) is 5.60. The SMILES string of the molecule is COc1ccc([N+](=O)[O-])cc1C(=O)OC(C)C(=O)Nc1ccc(F)c([N+](=O)[O-])c1. The first-order valence-electron chi connectivity index (χ1n) is 7.92. The zero-order valence-electron chi connectivity index (χ0n) is 15.1. The van der Waals surface area contributed by atoms with Crippen molar-refractivity contribution in [1.29, 1.82) is 0 Å². The lowest BCUT2D eigenvalue weighted by Gasteiger charge is -2.14. The van der Waals surface area contributed by atoms with Crippen molar-refractivity contribution >= 4 is 28.9 Å². The van der Waals surface area contributed by atoms with Gasteiger partial charge in [-0.1, -0.05) is 0 Å². The predicted molar refractivity (Wildman–Crippen MR) is 96.2 cm³/mol. The van der Waals surface area contributed by atoms with Gasteiger partial charge in [0.25, 0.3) is 11.6 Å². The van der Waals surface area contributed by atoms with E-state index in [0.717, 1.165) is 30.3 Å². The summed E-state index contributed by atoms with van der Waals surface area (Å²) in [5.41, 5.74) is -1.57. The Morgan fingerprint density at radius 2 is 1.79 bits per heavy atom. The first-order valence-corrected chi connectivity index (χ1v) is 7.92. The number of halogens is 1. The molecule has 0 aliphatic rings. The van der Waals surface area contributed by atoms with E-state index in [9.17, 15) is 34.2 Å². The summed E-state index contributed by atoms with van der Waals surface area (Å²) in [5.74, 6) is -2.99. The molecule has 29 heavy (non-hydrogen) atoms. The number of carbonyl (C=O) groups is 2. The third-order valence-electron chi connectivity index (χ3n) is 3.68. The fourth-order valence-electron chi connectivity index (χ4n) is 2.22. The van der Waals surface area contributed by atoms with Crippen LogP contribution in [0.15, 0.2) is 36.4 Å². The van der Waals surface area contributed by atoms with Gasteiger partial charge in [0.15, 0.2) is 6.10 Å². The minimum Gasteiger partial charge on any atom is -0.496 e. The van der Waals surface area contributed by atoms with E-state index in [0.29, 0.717) is 0 Å². The number of non-ortho nitro benzene ring substituents is 1. The maximum atomic E-state index is 13.4. The second-order valence-corrected chi connectivity index (χ2v) is 5.60. The normalized spacial score (nSPS) is 11.3. The Labute approximate surface area is 162 Å². The van der Waals surface area contributed by atoms with E-state index < -0.39 is 39.3 Å². The Morgan fingerprint density at radius 3 is 2.38 bits per heavy atom. The van der Waals surface area contributed by atoms with Gasteiger partial charge in [0.2, 0.25) is 5.82 Å². The molecule has 0 bridgehead atoms. The number of nitro benzene ring substituents is 2. The van der Waals surface area contributed by atoms with Gasteiger partial charge < -0.3 is 14.8 Å². The fraction of sp³-hybridized carbons (Fsp3) is 0.176. The molecule has 0 saturated carbocycles. The van der Waals surface area contributed by atoms with Crippen LogP contribution in [0.3, 0.4) is 0 Å². The highest BCUT2D eigenvalue weighted by atomic mass is 19.1. The van der Waals surface area contributed by atoms with Crippen LogP contribution in [0, 0.1) is 26.0 Å². The van der Waals surface area contributed by atoms with E-state index in [1.54, 1.807) is 0 Å². The minimum atomic E-state index is -1.38. The van der Waals surface area contributed by atoms with Gasteiger partial charge in [-0.2, -0.15) is 4.39 Å². The Balaban J connectivity index is 2.15. The minimum absolute atomic E-state index is 0.00219. The molecule has 0 spiro atoms. The molecular weight excluding hydrogens is 393 g/mol. The van der Waals surface area contributed by atoms with Crippen LogP contribution >= 0.6 is 0 Å². The lowest BCUT2D eigenvalue weighted by molar-refractivity contribution is -0.387. The summed E-state index contributed by atoms with van der Waals surface area (Å²) in [6, 6.07) is 5.99. The zero-order chi connectivity index (χ0) is 21.7. The Kier molecular flexibility index (Phi) is 6.39.